The van der Waals surface area contributed by atoms with Gasteiger partial charge < -0.3 is 14.9 Å². The van der Waals surface area contributed by atoms with Crippen LogP contribution in [-0.2, 0) is 9.53 Å². The number of aliphatic hydroxyl groups is 2. The summed E-state index contributed by atoms with van der Waals surface area (Å²) in [5.74, 6) is 2.53. The minimum atomic E-state index is -0.565. The van der Waals surface area contributed by atoms with E-state index in [1.807, 2.05) is 0 Å². The molecule has 0 amide bonds. The molecule has 0 heterocycles. The summed E-state index contributed by atoms with van der Waals surface area (Å²) in [5, 5.41) is 22.4. The second-order valence-corrected chi connectivity index (χ2v) is 11.5. The summed E-state index contributed by atoms with van der Waals surface area (Å²) in [5.41, 5.74) is 0.409. The van der Waals surface area contributed by atoms with Crippen LogP contribution in [0.5, 0.6) is 0 Å². The van der Waals surface area contributed by atoms with Crippen LogP contribution in [0.1, 0.15) is 85.0 Å². The van der Waals surface area contributed by atoms with E-state index in [4.69, 9.17) is 4.74 Å². The second-order valence-electron chi connectivity index (χ2n) is 11.5. The number of fused-ring (bicyclic) bond motifs is 5. The van der Waals surface area contributed by atoms with Gasteiger partial charge in [0, 0.05) is 6.42 Å². The summed E-state index contributed by atoms with van der Waals surface area (Å²) in [6.07, 6.45) is 9.80. The lowest BCUT2D eigenvalue weighted by molar-refractivity contribution is -0.215. The van der Waals surface area contributed by atoms with Crippen LogP contribution in [0, 0.1) is 46.3 Å². The van der Waals surface area contributed by atoms with Crippen molar-refractivity contribution in [1.82, 2.24) is 0 Å². The van der Waals surface area contributed by atoms with Gasteiger partial charge in [0.15, 0.2) is 0 Å². The number of hydrogen-bond donors (Lipinski definition) is 2. The first kappa shape index (κ1) is 21.6. The third kappa shape index (κ3) is 3.28. The Morgan fingerprint density at radius 1 is 0.966 bits per heavy atom. The van der Waals surface area contributed by atoms with Crippen molar-refractivity contribution in [3.8, 4) is 0 Å². The molecule has 166 valence electrons. The number of rotatable bonds is 4. The van der Waals surface area contributed by atoms with Crippen LogP contribution >= 0.6 is 0 Å². The van der Waals surface area contributed by atoms with Crippen LogP contribution in [0.3, 0.4) is 0 Å². The number of carbonyl (C=O) groups is 1. The normalized spacial score (nSPS) is 50.2. The zero-order valence-corrected chi connectivity index (χ0v) is 18.9. The van der Waals surface area contributed by atoms with Crippen LogP contribution < -0.4 is 0 Å². The number of aliphatic hydroxyl groups excluding tert-OH is 2. The second kappa shape index (κ2) is 7.82. The molecule has 2 N–H and O–H groups in total. The number of methoxy groups -OCH3 is 1. The molecule has 0 unspecified atom stereocenters. The molecule has 10 atom stereocenters. The van der Waals surface area contributed by atoms with Gasteiger partial charge >= 0.3 is 5.97 Å². The molecule has 4 nitrogen and oxygen atoms in total. The lowest BCUT2D eigenvalue weighted by Gasteiger charge is -2.63. The Hall–Kier alpha value is -0.610. The zero-order chi connectivity index (χ0) is 21.0. The fourth-order valence-electron chi connectivity index (χ4n) is 8.94. The van der Waals surface area contributed by atoms with Gasteiger partial charge in [-0.25, -0.2) is 0 Å². The minimum absolute atomic E-state index is 0.109. The first-order chi connectivity index (χ1) is 13.7. The smallest absolute Gasteiger partial charge is 0.305 e. The zero-order valence-electron chi connectivity index (χ0n) is 18.9. The van der Waals surface area contributed by atoms with E-state index in [2.05, 4.69) is 20.8 Å². The third-order valence-corrected chi connectivity index (χ3v) is 10.5. The molecule has 4 aliphatic carbocycles. The largest absolute Gasteiger partial charge is 0.469 e. The molecule has 0 spiro atoms. The SMILES string of the molecule is COC(=O)CC[C@H](C)[C@H]1CC[C@H]2[C@H]3[C@H](O)[C@H](O)[C@@H]4CCCC[C@]4(C)[C@H]3CC[C@]12C. The van der Waals surface area contributed by atoms with Gasteiger partial charge in [-0.2, -0.15) is 0 Å². The van der Waals surface area contributed by atoms with Crippen molar-refractivity contribution >= 4 is 5.97 Å². The van der Waals surface area contributed by atoms with Gasteiger partial charge in [0.05, 0.1) is 19.3 Å². The molecule has 0 bridgehead atoms. The van der Waals surface area contributed by atoms with Crippen molar-refractivity contribution in [2.45, 2.75) is 97.2 Å². The maximum absolute atomic E-state index is 11.6. The molecule has 4 aliphatic rings. The topological polar surface area (TPSA) is 66.8 Å². The number of hydrogen-bond acceptors (Lipinski definition) is 4. The molecule has 4 saturated carbocycles. The average molecular weight is 407 g/mol. The van der Waals surface area contributed by atoms with E-state index in [-0.39, 0.29) is 28.6 Å². The Morgan fingerprint density at radius 2 is 1.69 bits per heavy atom. The summed E-state index contributed by atoms with van der Waals surface area (Å²) in [7, 11) is 1.47. The molecule has 29 heavy (non-hydrogen) atoms. The van der Waals surface area contributed by atoms with E-state index in [0.717, 1.165) is 19.3 Å². The van der Waals surface area contributed by atoms with E-state index < -0.39 is 12.2 Å². The Kier molecular flexibility index (Phi) is 5.83. The summed E-state index contributed by atoms with van der Waals surface area (Å²) < 4.78 is 4.85. The number of carbonyl (C=O) groups excluding carboxylic acids is 1. The summed E-state index contributed by atoms with van der Waals surface area (Å²) in [6, 6.07) is 0. The van der Waals surface area contributed by atoms with E-state index in [9.17, 15) is 15.0 Å². The molecule has 0 aliphatic heterocycles. The van der Waals surface area contributed by atoms with Crippen molar-refractivity contribution in [1.29, 1.82) is 0 Å². The minimum Gasteiger partial charge on any atom is -0.469 e. The van der Waals surface area contributed by atoms with Gasteiger partial charge in [-0.3, -0.25) is 4.79 Å². The summed E-state index contributed by atoms with van der Waals surface area (Å²) in [6.45, 7) is 7.18. The molecule has 0 aromatic heterocycles. The molecule has 0 aromatic rings. The highest BCUT2D eigenvalue weighted by Gasteiger charge is 2.64. The highest BCUT2D eigenvalue weighted by Crippen LogP contribution is 2.68. The van der Waals surface area contributed by atoms with Crippen molar-refractivity contribution in [3.63, 3.8) is 0 Å². The highest BCUT2D eigenvalue weighted by atomic mass is 16.5. The van der Waals surface area contributed by atoms with Crippen molar-refractivity contribution < 1.29 is 19.7 Å². The highest BCUT2D eigenvalue weighted by molar-refractivity contribution is 5.69. The third-order valence-electron chi connectivity index (χ3n) is 10.5. The van der Waals surface area contributed by atoms with Crippen molar-refractivity contribution in [3.05, 3.63) is 0 Å². The summed E-state index contributed by atoms with van der Waals surface area (Å²) >= 11 is 0. The molecule has 0 saturated heterocycles. The Bertz CT molecular complexity index is 620. The quantitative estimate of drug-likeness (QED) is 0.671. The predicted octanol–water partition coefficient (Wildman–Crippen LogP) is 4.57. The van der Waals surface area contributed by atoms with Gasteiger partial charge in [-0.1, -0.05) is 33.6 Å². The van der Waals surface area contributed by atoms with Gasteiger partial charge in [-0.05, 0) is 91.3 Å². The van der Waals surface area contributed by atoms with Crippen LogP contribution in [0.25, 0.3) is 0 Å². The predicted molar refractivity (Wildman–Crippen MR) is 113 cm³/mol. The number of ether oxygens (including phenoxy) is 1. The monoisotopic (exact) mass is 406 g/mol. The van der Waals surface area contributed by atoms with Crippen LogP contribution in [0.15, 0.2) is 0 Å². The fourth-order valence-corrected chi connectivity index (χ4v) is 8.94. The molecule has 4 fully saturated rings. The van der Waals surface area contributed by atoms with E-state index in [0.29, 0.717) is 30.1 Å². The lowest BCUT2D eigenvalue weighted by atomic mass is 9.43. The fraction of sp³-hybridized carbons (Fsp3) is 0.960. The Morgan fingerprint density at radius 3 is 2.41 bits per heavy atom. The standard InChI is InChI=1S/C25H42O4/c1-15(8-11-20(26)29-4)16-9-10-17-21-18(12-14-25(16,17)3)24(2)13-6-5-7-19(24)22(27)23(21)28/h15-19,21-23,27-28H,5-14H2,1-4H3/t15-,16+,17-,18-,19-,21+,22+,23-,24+,25+/m0/s1. The molecule has 0 radical (unpaired) electrons. The van der Waals surface area contributed by atoms with Crippen molar-refractivity contribution in [2.24, 2.45) is 46.3 Å². The van der Waals surface area contributed by atoms with Gasteiger partial charge in [-0.15, -0.1) is 0 Å². The molecule has 4 heteroatoms. The van der Waals surface area contributed by atoms with Crippen LogP contribution in [0.4, 0.5) is 0 Å². The average Bonchev–Trinajstić information content (AvgIpc) is 3.06. The first-order valence-corrected chi connectivity index (χ1v) is 12.2. The molecular weight excluding hydrogens is 364 g/mol. The Labute approximate surface area is 176 Å². The van der Waals surface area contributed by atoms with Gasteiger partial charge in [0.1, 0.15) is 0 Å². The summed E-state index contributed by atoms with van der Waals surface area (Å²) in [4.78, 5) is 11.6. The van der Waals surface area contributed by atoms with E-state index >= 15 is 0 Å². The number of esters is 1. The molecule has 0 aromatic carbocycles. The maximum atomic E-state index is 11.6. The maximum Gasteiger partial charge on any atom is 0.305 e. The van der Waals surface area contributed by atoms with Gasteiger partial charge in [0.2, 0.25) is 0 Å². The van der Waals surface area contributed by atoms with Crippen molar-refractivity contribution in [2.75, 3.05) is 7.11 Å². The van der Waals surface area contributed by atoms with E-state index in [1.165, 1.54) is 45.6 Å². The first-order valence-electron chi connectivity index (χ1n) is 12.2. The van der Waals surface area contributed by atoms with E-state index in [1.54, 1.807) is 0 Å². The van der Waals surface area contributed by atoms with Crippen LogP contribution in [-0.4, -0.2) is 35.5 Å². The Balaban J connectivity index is 1.56. The van der Waals surface area contributed by atoms with Crippen LogP contribution in [0.2, 0.25) is 0 Å². The van der Waals surface area contributed by atoms with Gasteiger partial charge in [0.25, 0.3) is 0 Å². The molecule has 4 rings (SSSR count). The lowest BCUT2D eigenvalue weighted by Crippen LogP contribution is -2.63. The molecular formula is C25H42O4.